The van der Waals surface area contributed by atoms with Gasteiger partial charge in [-0.3, -0.25) is 0 Å². The average molecular weight is 391 g/mol. The van der Waals surface area contributed by atoms with Crippen molar-refractivity contribution in [2.45, 2.75) is 0 Å². The molecule has 0 aromatic carbocycles. The molecule has 0 aliphatic heterocycles. The molecule has 0 radical (unpaired) electrons. The Kier molecular flexibility index (Phi) is 14.3. The Hall–Kier alpha value is 0.740. The molecule has 0 atom stereocenters. The third kappa shape index (κ3) is 162. The summed E-state index contributed by atoms with van der Waals surface area (Å²) >= 11 is -4.00. The molecule has 9 heteroatoms. The Morgan fingerprint density at radius 2 is 0.941 bits per heavy atom. The highest BCUT2D eigenvalue weighted by Crippen LogP contribution is 1.74. The topological polar surface area (TPSA) is 101 Å². The average Bonchev–Trinajstić information content (AvgIpc) is 1.71. The monoisotopic (exact) mass is 390 g/mol. The van der Waals surface area contributed by atoms with E-state index < -0.39 is 31.8 Å². The van der Waals surface area contributed by atoms with Gasteiger partial charge in [0.05, 0.1) is 56.4 Å². The standard InChI is InChI=1S/2C4H12N.ClIO5/c2*1-5(2,3)4;3-1(4)7-2(5)6/h2*1-4H3;/q2*+1;. The van der Waals surface area contributed by atoms with Gasteiger partial charge in [0.1, 0.15) is 0 Å². The molecule has 0 rings (SSSR count). The molecule has 0 aromatic rings. The van der Waals surface area contributed by atoms with E-state index in [2.05, 4.69) is 59.0 Å². The van der Waals surface area contributed by atoms with Crippen LogP contribution < -0.4 is 37.3 Å². The summed E-state index contributed by atoms with van der Waals surface area (Å²) in [6, 6.07) is 0. The van der Waals surface area contributed by atoms with Crippen LogP contribution in [0.3, 0.4) is 0 Å². The zero-order valence-corrected chi connectivity index (χ0v) is 14.6. The zero-order chi connectivity index (χ0) is 14.9. The van der Waals surface area contributed by atoms with E-state index in [1.807, 2.05) is 0 Å². The van der Waals surface area contributed by atoms with Crippen molar-refractivity contribution in [3.63, 3.8) is 0 Å². The Bertz CT molecular complexity index is 140. The SMILES string of the molecule is C[N+](C)(C)C.C[N+](C)(C)C.[O-][Cl+2]([O-])O[I+2]([O-])[O-]. The molecule has 0 aromatic heterocycles. The van der Waals surface area contributed by atoms with Crippen molar-refractivity contribution in [1.29, 1.82) is 0 Å². The van der Waals surface area contributed by atoms with Gasteiger partial charge in [-0.2, -0.15) is 0 Å². The third-order valence-electron chi connectivity index (χ3n) is 0.0952. The summed E-state index contributed by atoms with van der Waals surface area (Å²) in [6.45, 7) is 0. The van der Waals surface area contributed by atoms with Gasteiger partial charge in [-0.1, -0.05) is 0 Å². The first-order chi connectivity index (χ1) is 7.13. The van der Waals surface area contributed by atoms with Gasteiger partial charge in [0.25, 0.3) is 0 Å². The molecule has 0 bridgehead atoms. The molecular weight excluding hydrogens is 366 g/mol. The molecule has 0 fully saturated rings. The number of nitrogens with zero attached hydrogens (tertiary/aromatic N) is 2. The molecule has 0 saturated heterocycles. The van der Waals surface area contributed by atoms with E-state index in [9.17, 15) is 16.2 Å². The Morgan fingerprint density at radius 1 is 0.765 bits per heavy atom. The van der Waals surface area contributed by atoms with Gasteiger partial charge in [-0.15, -0.1) is 0 Å². The quantitative estimate of drug-likeness (QED) is 0.344. The lowest BCUT2D eigenvalue weighted by atomic mass is 10.8. The second-order valence-corrected chi connectivity index (χ2v) is 8.37. The lowest BCUT2D eigenvalue weighted by molar-refractivity contribution is -1.80. The van der Waals surface area contributed by atoms with Gasteiger partial charge in [-0.25, -0.2) is 0 Å². The van der Waals surface area contributed by atoms with Crippen molar-refractivity contribution in [3.05, 3.63) is 0 Å². The minimum atomic E-state index is -4.00. The van der Waals surface area contributed by atoms with Crippen molar-refractivity contribution in [3.8, 4) is 0 Å². The van der Waals surface area contributed by atoms with E-state index in [4.69, 9.17) is 0 Å². The molecule has 0 unspecified atom stereocenters. The summed E-state index contributed by atoms with van der Waals surface area (Å²) < 4.78 is 42.2. The molecule has 7 nitrogen and oxygen atoms in total. The maximum Gasteiger partial charge on any atom is 0.646 e. The normalized spacial score (nSPS) is 11.6. The molecule has 0 N–H and O–H groups in total. The van der Waals surface area contributed by atoms with Crippen molar-refractivity contribution < 1.29 is 59.6 Å². The Labute approximate surface area is 116 Å². The molecule has 108 valence electrons. The minimum Gasteiger partial charge on any atom is -0.387 e. The number of hydrogen-bond donors (Lipinski definition) is 0. The van der Waals surface area contributed by atoms with Crippen LogP contribution in [0.25, 0.3) is 0 Å². The van der Waals surface area contributed by atoms with E-state index in [0.717, 1.165) is 8.97 Å². The minimum absolute atomic E-state index is 1.00. The summed E-state index contributed by atoms with van der Waals surface area (Å²) in [6.07, 6.45) is 0. The summed E-state index contributed by atoms with van der Waals surface area (Å²) in [5.74, 6) is 0. The predicted molar refractivity (Wildman–Crippen MR) is 49.0 cm³/mol. The first-order valence-corrected chi connectivity index (χ1v) is 8.07. The van der Waals surface area contributed by atoms with Crippen LogP contribution in [0.2, 0.25) is 0 Å². The van der Waals surface area contributed by atoms with E-state index in [1.54, 1.807) is 0 Å². The summed E-state index contributed by atoms with van der Waals surface area (Å²) in [5, 5.41) is 0. The van der Waals surface area contributed by atoms with Crippen LogP contribution in [0.1, 0.15) is 0 Å². The fraction of sp³-hybridized carbons (Fsp3) is 1.00. The zero-order valence-electron chi connectivity index (χ0n) is 11.7. The molecule has 0 aliphatic rings. The van der Waals surface area contributed by atoms with Crippen LogP contribution in [-0.2, 0) is 2.62 Å². The van der Waals surface area contributed by atoms with E-state index in [0.29, 0.717) is 0 Å². The van der Waals surface area contributed by atoms with E-state index in [1.165, 1.54) is 0 Å². The highest BCUT2D eigenvalue weighted by atomic mass is 127. The maximum atomic E-state index is 9.31. The molecule has 0 saturated carbocycles. The van der Waals surface area contributed by atoms with Crippen LogP contribution in [0.5, 0.6) is 0 Å². The molecule has 17 heavy (non-hydrogen) atoms. The summed E-state index contributed by atoms with van der Waals surface area (Å²) in [4.78, 5) is 0. The number of rotatable bonds is 2. The van der Waals surface area contributed by atoms with Crippen LogP contribution in [0.4, 0.5) is 0 Å². The first-order valence-electron chi connectivity index (χ1n) is 4.50. The van der Waals surface area contributed by atoms with Gasteiger partial charge >= 0.3 is 34.5 Å². The highest BCUT2D eigenvalue weighted by Gasteiger charge is 2.31. The van der Waals surface area contributed by atoms with Crippen molar-refractivity contribution in [2.75, 3.05) is 56.4 Å². The van der Waals surface area contributed by atoms with Crippen molar-refractivity contribution >= 4 is 0 Å². The second kappa shape index (κ2) is 10.6. The van der Waals surface area contributed by atoms with E-state index >= 15 is 0 Å². The van der Waals surface area contributed by atoms with E-state index in [-0.39, 0.29) is 0 Å². The fourth-order valence-electron chi connectivity index (χ4n) is 0.0389. The van der Waals surface area contributed by atoms with Crippen LogP contribution in [0, 0.1) is 10.8 Å². The summed E-state index contributed by atoms with van der Waals surface area (Å²) in [5.41, 5.74) is 0. The first kappa shape index (κ1) is 22.9. The molecule has 0 aliphatic carbocycles. The Balaban J connectivity index is -0.000000177. The molecule has 0 heterocycles. The van der Waals surface area contributed by atoms with Gasteiger partial charge in [0.15, 0.2) is 0 Å². The number of halogens is 2. The fourth-order valence-corrected chi connectivity index (χ4v) is 0.782. The second-order valence-electron chi connectivity index (χ2n) is 5.80. The number of hydrogen-bond acceptors (Lipinski definition) is 5. The third-order valence-corrected chi connectivity index (χ3v) is 1.92. The predicted octanol–water partition coefficient (Wildman–Crippen LogP) is -7.18. The lowest BCUT2D eigenvalue weighted by Gasteiger charge is -2.14. The van der Waals surface area contributed by atoms with Crippen LogP contribution in [-0.4, -0.2) is 65.3 Å². The number of quaternary nitrogens is 2. The smallest absolute Gasteiger partial charge is 0.387 e. The van der Waals surface area contributed by atoms with Gasteiger partial charge < -0.3 is 25.2 Å². The summed E-state index contributed by atoms with van der Waals surface area (Å²) in [7, 11) is 14.4. The van der Waals surface area contributed by atoms with Crippen molar-refractivity contribution in [2.24, 2.45) is 0 Å². The van der Waals surface area contributed by atoms with Crippen molar-refractivity contribution in [1.82, 2.24) is 0 Å². The van der Waals surface area contributed by atoms with Gasteiger partial charge in [-0.05, 0) is 0 Å². The van der Waals surface area contributed by atoms with Gasteiger partial charge in [0.2, 0.25) is 0 Å². The Morgan fingerprint density at radius 3 is 0.941 bits per heavy atom. The molecule has 0 amide bonds. The highest BCUT2D eigenvalue weighted by molar-refractivity contribution is 3.87. The lowest BCUT2D eigenvalue weighted by Crippen LogP contribution is -3.99. The largest absolute Gasteiger partial charge is 0.646 e. The molecule has 0 spiro atoms. The van der Waals surface area contributed by atoms with Crippen LogP contribution >= 0.6 is 0 Å². The van der Waals surface area contributed by atoms with Crippen LogP contribution in [0.15, 0.2) is 0 Å². The molecular formula is C8H24ClIN2O5+2. The maximum absolute atomic E-state index is 9.31. The van der Waals surface area contributed by atoms with Gasteiger partial charge in [0, 0.05) is 0 Å².